The van der Waals surface area contributed by atoms with Crippen LogP contribution in [0, 0.1) is 17.2 Å². The summed E-state index contributed by atoms with van der Waals surface area (Å²) in [4.78, 5) is 0. The maximum atomic E-state index is 9.21. The lowest BCUT2D eigenvalue weighted by Crippen LogP contribution is -2.35. The molecule has 0 aromatic heterocycles. The fourth-order valence-electron chi connectivity index (χ4n) is 3.01. The van der Waals surface area contributed by atoms with Gasteiger partial charge in [0, 0.05) is 12.1 Å². The molecular weight excluding hydrogens is 232 g/mol. The molecule has 2 rings (SSSR count). The van der Waals surface area contributed by atoms with Gasteiger partial charge in [-0.25, -0.2) is 0 Å². The van der Waals surface area contributed by atoms with Gasteiger partial charge in [0.1, 0.15) is 0 Å². The van der Waals surface area contributed by atoms with Gasteiger partial charge in [0.15, 0.2) is 0 Å². The molecule has 1 aromatic rings. The molecule has 0 heterocycles. The minimum atomic E-state index is 0.202. The van der Waals surface area contributed by atoms with Crippen molar-refractivity contribution in [2.24, 2.45) is 5.92 Å². The van der Waals surface area contributed by atoms with Gasteiger partial charge < -0.3 is 5.32 Å². The lowest BCUT2D eigenvalue weighted by molar-refractivity contribution is 0.380. The van der Waals surface area contributed by atoms with Crippen molar-refractivity contribution >= 4 is 0 Å². The number of rotatable bonds is 6. The Morgan fingerprint density at radius 2 is 2.11 bits per heavy atom. The summed E-state index contributed by atoms with van der Waals surface area (Å²) < 4.78 is 0. The molecule has 102 valence electrons. The predicted molar refractivity (Wildman–Crippen MR) is 78.6 cm³/mol. The molecule has 1 aliphatic rings. The molecule has 0 spiro atoms. The normalized spacial score (nSPS) is 24.0. The lowest BCUT2D eigenvalue weighted by Gasteiger charge is -2.25. The van der Waals surface area contributed by atoms with Crippen molar-refractivity contribution in [3.8, 4) is 6.07 Å². The van der Waals surface area contributed by atoms with Crippen molar-refractivity contribution < 1.29 is 0 Å². The van der Waals surface area contributed by atoms with Crippen molar-refractivity contribution in [2.45, 2.75) is 57.5 Å². The summed E-state index contributed by atoms with van der Waals surface area (Å²) in [6, 6.07) is 13.9. The van der Waals surface area contributed by atoms with Gasteiger partial charge in [0.25, 0.3) is 0 Å². The second-order valence-corrected chi connectivity index (χ2v) is 5.55. The maximum Gasteiger partial charge on any atom is 0.0672 e. The highest BCUT2D eigenvalue weighted by molar-refractivity contribution is 5.19. The van der Waals surface area contributed by atoms with Crippen LogP contribution in [-0.2, 0) is 0 Å². The molecule has 0 saturated heterocycles. The third-order valence-corrected chi connectivity index (χ3v) is 4.15. The van der Waals surface area contributed by atoms with Gasteiger partial charge in [-0.15, -0.1) is 0 Å². The standard InChI is InChI=1S/C17H24N2/c1-2-3-11-16(14-8-5-4-6-9-14)19-17-12-7-10-15(17)13-18/h4-6,8-9,15-17,19H,2-3,7,10-12H2,1H3. The van der Waals surface area contributed by atoms with E-state index in [9.17, 15) is 5.26 Å². The molecule has 3 atom stereocenters. The predicted octanol–water partition coefficient (Wildman–Crippen LogP) is 4.20. The summed E-state index contributed by atoms with van der Waals surface area (Å²) in [6.07, 6.45) is 7.01. The minimum absolute atomic E-state index is 0.202. The van der Waals surface area contributed by atoms with Crippen LogP contribution in [0.1, 0.15) is 57.1 Å². The average molecular weight is 256 g/mol. The summed E-state index contributed by atoms with van der Waals surface area (Å²) in [5.41, 5.74) is 1.36. The van der Waals surface area contributed by atoms with Gasteiger partial charge in [-0.2, -0.15) is 5.26 Å². The number of hydrogen-bond acceptors (Lipinski definition) is 2. The van der Waals surface area contributed by atoms with E-state index in [2.05, 4.69) is 48.6 Å². The second-order valence-electron chi connectivity index (χ2n) is 5.55. The molecule has 0 aliphatic heterocycles. The van der Waals surface area contributed by atoms with Crippen molar-refractivity contribution in [1.82, 2.24) is 5.32 Å². The minimum Gasteiger partial charge on any atom is -0.306 e. The molecular formula is C17H24N2. The number of benzene rings is 1. The van der Waals surface area contributed by atoms with Crippen LogP contribution in [0.15, 0.2) is 30.3 Å². The number of nitrogens with zero attached hydrogens (tertiary/aromatic N) is 1. The summed E-state index contributed by atoms with van der Waals surface area (Å²) >= 11 is 0. The number of nitriles is 1. The van der Waals surface area contributed by atoms with Gasteiger partial charge in [-0.3, -0.25) is 0 Å². The topological polar surface area (TPSA) is 35.8 Å². The lowest BCUT2D eigenvalue weighted by atomic mass is 9.97. The van der Waals surface area contributed by atoms with E-state index in [1.54, 1.807) is 0 Å². The highest BCUT2D eigenvalue weighted by Gasteiger charge is 2.29. The van der Waals surface area contributed by atoms with Crippen LogP contribution in [0.3, 0.4) is 0 Å². The third kappa shape index (κ3) is 3.81. The van der Waals surface area contributed by atoms with Crippen LogP contribution in [0.25, 0.3) is 0 Å². The molecule has 1 aliphatic carbocycles. The van der Waals surface area contributed by atoms with Crippen LogP contribution in [-0.4, -0.2) is 6.04 Å². The molecule has 0 amide bonds. The van der Waals surface area contributed by atoms with Crippen LogP contribution in [0.4, 0.5) is 0 Å². The summed E-state index contributed by atoms with van der Waals surface area (Å²) in [6.45, 7) is 2.23. The van der Waals surface area contributed by atoms with Crippen molar-refractivity contribution in [2.75, 3.05) is 0 Å². The van der Waals surface area contributed by atoms with Gasteiger partial charge >= 0.3 is 0 Å². The second kappa shape index (κ2) is 7.31. The molecule has 1 aromatic carbocycles. The van der Waals surface area contributed by atoms with E-state index in [4.69, 9.17) is 0 Å². The summed E-state index contributed by atoms with van der Waals surface area (Å²) in [5.74, 6) is 0.202. The highest BCUT2D eigenvalue weighted by Crippen LogP contribution is 2.29. The largest absolute Gasteiger partial charge is 0.306 e. The van der Waals surface area contributed by atoms with E-state index in [0.29, 0.717) is 12.1 Å². The zero-order valence-corrected chi connectivity index (χ0v) is 11.8. The summed E-state index contributed by atoms with van der Waals surface area (Å²) in [7, 11) is 0. The van der Waals surface area contributed by atoms with Gasteiger partial charge in [-0.05, 0) is 24.8 Å². The maximum absolute atomic E-state index is 9.21. The first-order valence-electron chi connectivity index (χ1n) is 7.55. The zero-order chi connectivity index (χ0) is 13.5. The van der Waals surface area contributed by atoms with Crippen LogP contribution in [0.5, 0.6) is 0 Å². The Labute approximate surface area is 116 Å². The molecule has 0 bridgehead atoms. The van der Waals surface area contributed by atoms with E-state index in [1.165, 1.54) is 24.8 Å². The Kier molecular flexibility index (Phi) is 5.42. The summed E-state index contributed by atoms with van der Waals surface area (Å²) in [5, 5.41) is 13.0. The Morgan fingerprint density at radius 3 is 2.79 bits per heavy atom. The van der Waals surface area contributed by atoms with Gasteiger partial charge in [0.2, 0.25) is 0 Å². The smallest absolute Gasteiger partial charge is 0.0672 e. The molecule has 1 saturated carbocycles. The number of nitrogens with one attached hydrogen (secondary N) is 1. The fourth-order valence-corrected chi connectivity index (χ4v) is 3.01. The first-order valence-corrected chi connectivity index (χ1v) is 7.55. The quantitative estimate of drug-likeness (QED) is 0.828. The molecule has 2 nitrogen and oxygen atoms in total. The monoisotopic (exact) mass is 256 g/mol. The Bertz CT molecular complexity index is 407. The van der Waals surface area contributed by atoms with E-state index < -0.39 is 0 Å². The first-order chi connectivity index (χ1) is 9.35. The molecule has 19 heavy (non-hydrogen) atoms. The van der Waals surface area contributed by atoms with E-state index in [-0.39, 0.29) is 5.92 Å². The first kappa shape index (κ1) is 14.1. The molecule has 3 unspecified atom stereocenters. The van der Waals surface area contributed by atoms with Crippen molar-refractivity contribution in [3.63, 3.8) is 0 Å². The molecule has 1 fully saturated rings. The Morgan fingerprint density at radius 1 is 1.32 bits per heavy atom. The van der Waals surface area contributed by atoms with Crippen molar-refractivity contribution in [1.29, 1.82) is 5.26 Å². The molecule has 2 heteroatoms. The van der Waals surface area contributed by atoms with E-state index in [0.717, 1.165) is 19.3 Å². The van der Waals surface area contributed by atoms with Crippen LogP contribution < -0.4 is 5.32 Å². The third-order valence-electron chi connectivity index (χ3n) is 4.15. The van der Waals surface area contributed by atoms with E-state index in [1.807, 2.05) is 0 Å². The molecule has 0 radical (unpaired) electrons. The van der Waals surface area contributed by atoms with Crippen LogP contribution in [0.2, 0.25) is 0 Å². The molecule has 1 N–H and O–H groups in total. The van der Waals surface area contributed by atoms with Crippen molar-refractivity contribution in [3.05, 3.63) is 35.9 Å². The Balaban J connectivity index is 2.04. The van der Waals surface area contributed by atoms with Crippen LogP contribution >= 0.6 is 0 Å². The van der Waals surface area contributed by atoms with E-state index >= 15 is 0 Å². The SMILES string of the molecule is CCCCC(NC1CCCC1C#N)c1ccccc1. The average Bonchev–Trinajstić information content (AvgIpc) is 2.91. The Hall–Kier alpha value is -1.33. The van der Waals surface area contributed by atoms with Gasteiger partial charge in [0.05, 0.1) is 12.0 Å². The fraction of sp³-hybridized carbons (Fsp3) is 0.588. The van der Waals surface area contributed by atoms with Gasteiger partial charge in [-0.1, -0.05) is 56.5 Å². The number of hydrogen-bond donors (Lipinski definition) is 1. The zero-order valence-electron chi connectivity index (χ0n) is 11.8. The highest BCUT2D eigenvalue weighted by atomic mass is 15.0. The number of unbranched alkanes of at least 4 members (excludes halogenated alkanes) is 1.